The number of hydrogen-bond acceptors (Lipinski definition) is 3. The molecule has 0 aromatic carbocycles. The van der Waals surface area contributed by atoms with Crippen LogP contribution in [0.5, 0.6) is 0 Å². The summed E-state index contributed by atoms with van der Waals surface area (Å²) >= 11 is 1.79. The molecule has 0 heterocycles. The Morgan fingerprint density at radius 2 is 2.07 bits per heavy atom. The van der Waals surface area contributed by atoms with Crippen molar-refractivity contribution < 1.29 is 4.79 Å². The zero-order chi connectivity index (χ0) is 10.8. The largest absolute Gasteiger partial charge is 0.356 e. The monoisotopic (exact) mass is 218 g/mol. The molecule has 0 aromatic rings. The van der Waals surface area contributed by atoms with Crippen LogP contribution in [0.3, 0.4) is 0 Å². The molecule has 0 aromatic heterocycles. The number of hydrogen-bond donors (Lipinski definition) is 1. The summed E-state index contributed by atoms with van der Waals surface area (Å²) in [5, 5.41) is 2.92. The Balaban J connectivity index is 3.18. The molecule has 0 unspecified atom stereocenters. The highest BCUT2D eigenvalue weighted by Crippen LogP contribution is 1.98. The van der Waals surface area contributed by atoms with Crippen molar-refractivity contribution in [3.05, 3.63) is 0 Å². The van der Waals surface area contributed by atoms with E-state index in [1.807, 2.05) is 14.1 Å². The molecule has 4 heteroatoms. The van der Waals surface area contributed by atoms with Gasteiger partial charge >= 0.3 is 0 Å². The standard InChI is InChI=1S/C10H22N2OS/c1-12(2)8-5-7-11-10(13)6-4-9-14-3/h4-9H2,1-3H3,(H,11,13). The van der Waals surface area contributed by atoms with E-state index in [1.54, 1.807) is 11.8 Å². The lowest BCUT2D eigenvalue weighted by molar-refractivity contribution is -0.121. The highest BCUT2D eigenvalue weighted by atomic mass is 32.2. The van der Waals surface area contributed by atoms with Crippen molar-refractivity contribution in [2.24, 2.45) is 0 Å². The van der Waals surface area contributed by atoms with Crippen molar-refractivity contribution in [3.63, 3.8) is 0 Å². The van der Waals surface area contributed by atoms with Crippen molar-refractivity contribution in [3.8, 4) is 0 Å². The second-order valence-corrected chi connectivity index (χ2v) is 4.59. The fraction of sp³-hybridized carbons (Fsp3) is 0.900. The van der Waals surface area contributed by atoms with Gasteiger partial charge in [-0.05, 0) is 45.5 Å². The van der Waals surface area contributed by atoms with Gasteiger partial charge in [-0.3, -0.25) is 4.79 Å². The van der Waals surface area contributed by atoms with Gasteiger partial charge < -0.3 is 10.2 Å². The summed E-state index contributed by atoms with van der Waals surface area (Å²) in [5.74, 6) is 1.27. The predicted octanol–water partition coefficient (Wildman–Crippen LogP) is 1.20. The van der Waals surface area contributed by atoms with Gasteiger partial charge in [-0.1, -0.05) is 0 Å². The maximum Gasteiger partial charge on any atom is 0.220 e. The summed E-state index contributed by atoms with van der Waals surface area (Å²) in [6.45, 7) is 1.83. The Labute approximate surface area is 91.6 Å². The van der Waals surface area contributed by atoms with Crippen LogP contribution in [0.4, 0.5) is 0 Å². The third kappa shape index (κ3) is 9.86. The topological polar surface area (TPSA) is 32.3 Å². The van der Waals surface area contributed by atoms with Gasteiger partial charge in [0.05, 0.1) is 0 Å². The van der Waals surface area contributed by atoms with Crippen molar-refractivity contribution >= 4 is 17.7 Å². The lowest BCUT2D eigenvalue weighted by Crippen LogP contribution is -2.26. The highest BCUT2D eigenvalue weighted by molar-refractivity contribution is 7.98. The minimum Gasteiger partial charge on any atom is -0.356 e. The van der Waals surface area contributed by atoms with Crippen molar-refractivity contribution in [2.45, 2.75) is 19.3 Å². The van der Waals surface area contributed by atoms with E-state index in [0.717, 1.165) is 31.7 Å². The van der Waals surface area contributed by atoms with E-state index < -0.39 is 0 Å². The van der Waals surface area contributed by atoms with Crippen LogP contribution < -0.4 is 5.32 Å². The quantitative estimate of drug-likeness (QED) is 0.621. The van der Waals surface area contributed by atoms with Gasteiger partial charge in [0.1, 0.15) is 0 Å². The molecule has 14 heavy (non-hydrogen) atoms. The first kappa shape index (κ1) is 13.8. The highest BCUT2D eigenvalue weighted by Gasteiger charge is 1.99. The molecule has 0 aliphatic rings. The average Bonchev–Trinajstić information content (AvgIpc) is 2.13. The first-order valence-electron chi connectivity index (χ1n) is 5.07. The molecule has 0 saturated heterocycles. The maximum atomic E-state index is 11.2. The van der Waals surface area contributed by atoms with E-state index in [9.17, 15) is 4.79 Å². The third-order valence-corrected chi connectivity index (χ3v) is 2.55. The Morgan fingerprint density at radius 3 is 2.64 bits per heavy atom. The van der Waals surface area contributed by atoms with Crippen LogP contribution in [0.15, 0.2) is 0 Å². The number of nitrogens with zero attached hydrogens (tertiary/aromatic N) is 1. The molecule has 1 amide bonds. The van der Waals surface area contributed by atoms with Crippen molar-refractivity contribution in [1.82, 2.24) is 10.2 Å². The van der Waals surface area contributed by atoms with Gasteiger partial charge in [0.15, 0.2) is 0 Å². The first-order valence-corrected chi connectivity index (χ1v) is 6.46. The van der Waals surface area contributed by atoms with E-state index in [-0.39, 0.29) is 5.91 Å². The molecule has 1 N–H and O–H groups in total. The number of carbonyl (C=O) groups is 1. The molecule has 0 bridgehead atoms. The number of carbonyl (C=O) groups excluding carboxylic acids is 1. The summed E-state index contributed by atoms with van der Waals surface area (Å²) < 4.78 is 0. The van der Waals surface area contributed by atoms with E-state index in [1.165, 1.54) is 0 Å². The van der Waals surface area contributed by atoms with Gasteiger partial charge in [-0.15, -0.1) is 0 Å². The number of amides is 1. The van der Waals surface area contributed by atoms with Crippen LogP contribution in [0.2, 0.25) is 0 Å². The molecule has 0 fully saturated rings. The van der Waals surface area contributed by atoms with Crippen LogP contribution >= 0.6 is 11.8 Å². The van der Waals surface area contributed by atoms with Crippen LogP contribution in [0.1, 0.15) is 19.3 Å². The molecular formula is C10H22N2OS. The fourth-order valence-corrected chi connectivity index (χ4v) is 1.52. The Hall–Kier alpha value is -0.220. The predicted molar refractivity (Wildman–Crippen MR) is 63.8 cm³/mol. The Kier molecular flexibility index (Phi) is 9.19. The number of rotatable bonds is 8. The summed E-state index contributed by atoms with van der Waals surface area (Å²) in [7, 11) is 4.08. The average molecular weight is 218 g/mol. The van der Waals surface area contributed by atoms with E-state index in [2.05, 4.69) is 16.5 Å². The van der Waals surface area contributed by atoms with Crippen molar-refractivity contribution in [2.75, 3.05) is 39.2 Å². The molecule has 3 nitrogen and oxygen atoms in total. The summed E-state index contributed by atoms with van der Waals surface area (Å²) in [6.07, 6.45) is 4.75. The summed E-state index contributed by atoms with van der Waals surface area (Å²) in [6, 6.07) is 0. The fourth-order valence-electron chi connectivity index (χ4n) is 1.09. The Bertz CT molecular complexity index is 151. The molecule has 0 rings (SSSR count). The smallest absolute Gasteiger partial charge is 0.220 e. The minimum absolute atomic E-state index is 0.192. The molecule has 0 aliphatic carbocycles. The van der Waals surface area contributed by atoms with Crippen LogP contribution in [0.25, 0.3) is 0 Å². The Morgan fingerprint density at radius 1 is 1.36 bits per heavy atom. The SMILES string of the molecule is CSCCCC(=O)NCCCN(C)C. The van der Waals surface area contributed by atoms with Crippen LogP contribution in [0, 0.1) is 0 Å². The lowest BCUT2D eigenvalue weighted by Gasteiger charge is -2.09. The number of nitrogens with one attached hydrogen (secondary N) is 1. The van der Waals surface area contributed by atoms with Crippen molar-refractivity contribution in [1.29, 1.82) is 0 Å². The summed E-state index contributed by atoms with van der Waals surface area (Å²) in [5.41, 5.74) is 0. The normalized spacial score (nSPS) is 10.6. The van der Waals surface area contributed by atoms with Gasteiger partial charge in [-0.2, -0.15) is 11.8 Å². The van der Waals surface area contributed by atoms with Gasteiger partial charge in [0, 0.05) is 13.0 Å². The van der Waals surface area contributed by atoms with Gasteiger partial charge in [0.2, 0.25) is 5.91 Å². The third-order valence-electron chi connectivity index (χ3n) is 1.86. The molecular weight excluding hydrogens is 196 g/mol. The van der Waals surface area contributed by atoms with E-state index in [0.29, 0.717) is 6.42 Å². The molecule has 0 spiro atoms. The second-order valence-electron chi connectivity index (χ2n) is 3.60. The van der Waals surface area contributed by atoms with Gasteiger partial charge in [-0.25, -0.2) is 0 Å². The van der Waals surface area contributed by atoms with Crippen LogP contribution in [-0.4, -0.2) is 50.0 Å². The second kappa shape index (κ2) is 9.34. The first-order chi connectivity index (χ1) is 6.66. The molecule has 0 aliphatic heterocycles. The van der Waals surface area contributed by atoms with Gasteiger partial charge in [0.25, 0.3) is 0 Å². The zero-order valence-electron chi connectivity index (χ0n) is 9.51. The number of thioether (sulfide) groups is 1. The molecule has 0 saturated carbocycles. The van der Waals surface area contributed by atoms with E-state index in [4.69, 9.17) is 0 Å². The van der Waals surface area contributed by atoms with E-state index >= 15 is 0 Å². The molecule has 0 radical (unpaired) electrons. The zero-order valence-corrected chi connectivity index (χ0v) is 10.3. The summed E-state index contributed by atoms with van der Waals surface area (Å²) in [4.78, 5) is 13.4. The molecule has 84 valence electrons. The van der Waals surface area contributed by atoms with Crippen LogP contribution in [-0.2, 0) is 4.79 Å². The lowest BCUT2D eigenvalue weighted by atomic mass is 10.3. The maximum absolute atomic E-state index is 11.2. The molecule has 0 atom stereocenters. The minimum atomic E-state index is 0.192.